The van der Waals surface area contributed by atoms with Crippen molar-refractivity contribution in [3.05, 3.63) is 70.3 Å². The first-order valence-corrected chi connectivity index (χ1v) is 12.0. The molecule has 2 aromatic carbocycles. The van der Waals surface area contributed by atoms with Crippen LogP contribution in [0.3, 0.4) is 0 Å². The summed E-state index contributed by atoms with van der Waals surface area (Å²) in [7, 11) is -1.62. The molecule has 2 aromatic rings. The second-order valence-corrected chi connectivity index (χ2v) is 9.02. The van der Waals surface area contributed by atoms with E-state index in [1.165, 1.54) is 5.56 Å². The van der Waals surface area contributed by atoms with Gasteiger partial charge in [-0.3, -0.25) is 9.59 Å². The van der Waals surface area contributed by atoms with Gasteiger partial charge >= 0.3 is 7.12 Å². The fourth-order valence-electron chi connectivity index (χ4n) is 4.54. The molecule has 2 atom stereocenters. The highest BCUT2D eigenvalue weighted by molar-refractivity contribution is 6.43. The number of nitrogens with one attached hydrogen (secondary N) is 2. The lowest BCUT2D eigenvalue weighted by molar-refractivity contribution is -0.122. The van der Waals surface area contributed by atoms with Gasteiger partial charge < -0.3 is 20.7 Å². The highest BCUT2D eigenvalue weighted by Crippen LogP contribution is 2.26. The lowest BCUT2D eigenvalue weighted by Gasteiger charge is -2.24. The third-order valence-electron chi connectivity index (χ3n) is 6.35. The van der Waals surface area contributed by atoms with E-state index in [4.69, 9.17) is 0 Å². The Labute approximate surface area is 196 Å². The Balaban J connectivity index is 1.79. The summed E-state index contributed by atoms with van der Waals surface area (Å²) < 4.78 is 0. The second-order valence-electron chi connectivity index (χ2n) is 9.02. The summed E-state index contributed by atoms with van der Waals surface area (Å²) in [6.07, 6.45) is 6.26. The Bertz CT molecular complexity index is 963. The highest BCUT2D eigenvalue weighted by Gasteiger charge is 2.27. The minimum atomic E-state index is -1.62. The van der Waals surface area contributed by atoms with Crippen molar-refractivity contribution >= 4 is 18.9 Å². The third-order valence-corrected chi connectivity index (χ3v) is 6.35. The number of carbonyl (C=O) groups is 2. The van der Waals surface area contributed by atoms with Crippen molar-refractivity contribution in [3.8, 4) is 0 Å². The van der Waals surface area contributed by atoms with Gasteiger partial charge in [-0.1, -0.05) is 61.7 Å². The van der Waals surface area contributed by atoms with Crippen LogP contribution in [0.5, 0.6) is 0 Å². The van der Waals surface area contributed by atoms with Crippen LogP contribution in [0.15, 0.2) is 42.5 Å². The van der Waals surface area contributed by atoms with Crippen LogP contribution in [0.2, 0.25) is 0 Å². The van der Waals surface area contributed by atoms with Crippen molar-refractivity contribution in [2.24, 2.45) is 0 Å². The first kappa shape index (κ1) is 25.0. The normalized spacial score (nSPS) is 14.7. The number of amides is 2. The molecule has 0 heterocycles. The molecule has 2 amide bonds. The summed E-state index contributed by atoms with van der Waals surface area (Å²) in [4.78, 5) is 26.2. The Kier molecular flexibility index (Phi) is 9.09. The number of hydrogen-bond acceptors (Lipinski definition) is 4. The number of unbranched alkanes of at least 4 members (excludes halogenated alkanes) is 1. The number of fused-ring (bicyclic) bond motifs is 1. The van der Waals surface area contributed by atoms with Gasteiger partial charge in [0, 0.05) is 5.56 Å². The van der Waals surface area contributed by atoms with Gasteiger partial charge in [0.2, 0.25) is 5.91 Å². The van der Waals surface area contributed by atoms with Gasteiger partial charge in [0.05, 0.1) is 18.4 Å². The van der Waals surface area contributed by atoms with Crippen molar-refractivity contribution in [1.82, 2.24) is 10.6 Å². The van der Waals surface area contributed by atoms with Crippen LogP contribution in [-0.4, -0.2) is 34.9 Å². The van der Waals surface area contributed by atoms with E-state index in [2.05, 4.69) is 16.7 Å². The van der Waals surface area contributed by atoms with Gasteiger partial charge in [-0.05, 0) is 61.8 Å². The second kappa shape index (κ2) is 12.0. The molecule has 0 spiro atoms. The summed E-state index contributed by atoms with van der Waals surface area (Å²) in [5.74, 6) is -1.24. The molecule has 1 aliphatic carbocycles. The van der Waals surface area contributed by atoms with E-state index in [0.717, 1.165) is 55.2 Å². The molecule has 3 rings (SSSR count). The van der Waals surface area contributed by atoms with E-state index in [-0.39, 0.29) is 18.2 Å². The molecule has 7 heteroatoms. The number of rotatable bonds is 10. The molecule has 2 unspecified atom stereocenters. The number of aryl methyl sites for hydroxylation is 2. The Hall–Kier alpha value is -2.64. The molecule has 1 aliphatic rings. The van der Waals surface area contributed by atoms with Crippen molar-refractivity contribution in [2.75, 3.05) is 0 Å². The average Bonchev–Trinajstić information content (AvgIpc) is 2.80. The maximum atomic E-state index is 13.3. The molecule has 4 N–H and O–H groups in total. The van der Waals surface area contributed by atoms with E-state index in [1.807, 2.05) is 50.2 Å². The van der Waals surface area contributed by atoms with Gasteiger partial charge in [-0.25, -0.2) is 0 Å². The zero-order chi connectivity index (χ0) is 23.8. The van der Waals surface area contributed by atoms with E-state index < -0.39 is 19.1 Å². The van der Waals surface area contributed by atoms with Gasteiger partial charge in [-0.15, -0.1) is 0 Å². The SMILES string of the molecule is CCCCC(NC(=O)CC(NC(=O)c1cccc2c1CCCC2)c1cccc(C)c1)B(O)O. The Morgan fingerprint density at radius 1 is 1.06 bits per heavy atom. The number of benzene rings is 2. The average molecular weight is 450 g/mol. The fourth-order valence-corrected chi connectivity index (χ4v) is 4.54. The van der Waals surface area contributed by atoms with Crippen LogP contribution >= 0.6 is 0 Å². The van der Waals surface area contributed by atoms with Crippen LogP contribution in [0.1, 0.15) is 84.1 Å². The zero-order valence-electron chi connectivity index (χ0n) is 19.6. The molecular formula is C26H35BN2O4. The van der Waals surface area contributed by atoms with Crippen molar-refractivity contribution in [2.45, 2.75) is 77.2 Å². The highest BCUT2D eigenvalue weighted by atomic mass is 16.4. The van der Waals surface area contributed by atoms with Crippen LogP contribution in [-0.2, 0) is 17.6 Å². The molecule has 0 aliphatic heterocycles. The van der Waals surface area contributed by atoms with E-state index in [9.17, 15) is 19.6 Å². The van der Waals surface area contributed by atoms with Crippen molar-refractivity contribution in [1.29, 1.82) is 0 Å². The van der Waals surface area contributed by atoms with E-state index in [1.54, 1.807) is 0 Å². The predicted octanol–water partition coefficient (Wildman–Crippen LogP) is 3.42. The molecule has 0 fully saturated rings. The lowest BCUT2D eigenvalue weighted by Crippen LogP contribution is -2.47. The summed E-state index contributed by atoms with van der Waals surface area (Å²) in [5, 5.41) is 25.1. The van der Waals surface area contributed by atoms with Gasteiger partial charge in [0.1, 0.15) is 0 Å². The largest absolute Gasteiger partial charge is 0.475 e. The lowest BCUT2D eigenvalue weighted by atomic mass is 9.76. The first-order chi connectivity index (χ1) is 15.9. The molecule has 0 saturated carbocycles. The predicted molar refractivity (Wildman–Crippen MR) is 131 cm³/mol. The summed E-state index contributed by atoms with van der Waals surface area (Å²) in [6, 6.07) is 13.1. The van der Waals surface area contributed by atoms with Gasteiger partial charge in [0.25, 0.3) is 5.91 Å². The van der Waals surface area contributed by atoms with Crippen molar-refractivity contribution in [3.63, 3.8) is 0 Å². The maximum absolute atomic E-state index is 13.3. The Morgan fingerprint density at radius 2 is 1.82 bits per heavy atom. The fraction of sp³-hybridized carbons (Fsp3) is 0.462. The monoisotopic (exact) mass is 450 g/mol. The number of carbonyl (C=O) groups excluding carboxylic acids is 2. The summed E-state index contributed by atoms with van der Waals surface area (Å²) >= 11 is 0. The smallest absolute Gasteiger partial charge is 0.426 e. The van der Waals surface area contributed by atoms with E-state index in [0.29, 0.717) is 12.0 Å². The minimum Gasteiger partial charge on any atom is -0.426 e. The molecular weight excluding hydrogens is 415 g/mol. The van der Waals surface area contributed by atoms with Gasteiger partial charge in [-0.2, -0.15) is 0 Å². The third kappa shape index (κ3) is 6.92. The molecule has 0 aromatic heterocycles. The molecule has 33 heavy (non-hydrogen) atoms. The maximum Gasteiger partial charge on any atom is 0.475 e. The minimum absolute atomic E-state index is 0.0135. The topological polar surface area (TPSA) is 98.7 Å². The van der Waals surface area contributed by atoms with Crippen LogP contribution in [0.4, 0.5) is 0 Å². The number of hydrogen-bond donors (Lipinski definition) is 4. The summed E-state index contributed by atoms with van der Waals surface area (Å²) in [5.41, 5.74) is 4.90. The molecule has 0 radical (unpaired) electrons. The summed E-state index contributed by atoms with van der Waals surface area (Å²) in [6.45, 7) is 3.98. The molecule has 0 bridgehead atoms. The van der Waals surface area contributed by atoms with E-state index >= 15 is 0 Å². The van der Waals surface area contributed by atoms with Crippen LogP contribution in [0.25, 0.3) is 0 Å². The quantitative estimate of drug-likeness (QED) is 0.417. The zero-order valence-corrected chi connectivity index (χ0v) is 19.6. The standard InChI is InChI=1S/C26H35BN2O4/c1-3-4-15-24(27(32)33)29-25(30)17-23(20-12-7-9-18(2)16-20)28-26(31)22-14-8-11-19-10-5-6-13-21(19)22/h7-9,11-12,14,16,23-24,32-33H,3-6,10,13,15,17H2,1-2H3,(H,28,31)(H,29,30). The van der Waals surface area contributed by atoms with Crippen LogP contribution in [0, 0.1) is 6.92 Å². The van der Waals surface area contributed by atoms with Crippen LogP contribution < -0.4 is 10.6 Å². The molecule has 176 valence electrons. The molecule has 0 saturated heterocycles. The first-order valence-electron chi connectivity index (χ1n) is 12.0. The Morgan fingerprint density at radius 3 is 2.55 bits per heavy atom. The molecule has 6 nitrogen and oxygen atoms in total. The van der Waals surface area contributed by atoms with Crippen molar-refractivity contribution < 1.29 is 19.6 Å². The van der Waals surface area contributed by atoms with Gasteiger partial charge in [0.15, 0.2) is 0 Å².